The van der Waals surface area contributed by atoms with Crippen LogP contribution in [0.1, 0.15) is 11.1 Å². The Morgan fingerprint density at radius 3 is 2.46 bits per heavy atom. The molecule has 0 saturated carbocycles. The molecule has 5 heteroatoms. The van der Waals surface area contributed by atoms with Crippen molar-refractivity contribution in [3.05, 3.63) is 96.1 Å². The van der Waals surface area contributed by atoms with Crippen LogP contribution in [-0.2, 0) is 10.0 Å². The maximum Gasteiger partial charge on any atom is 0.243 e. The molecule has 1 fully saturated rings. The summed E-state index contributed by atoms with van der Waals surface area (Å²) in [5.41, 5.74) is 3.78. The minimum absolute atomic E-state index is 0.112. The summed E-state index contributed by atoms with van der Waals surface area (Å²) in [6.07, 6.45) is 4.96. The van der Waals surface area contributed by atoms with Crippen molar-refractivity contribution in [1.82, 2.24) is 4.31 Å². The Balaban J connectivity index is 2.06. The number of nitrogens with zero attached hydrogens (tertiary/aromatic N) is 2. The van der Waals surface area contributed by atoms with Crippen molar-refractivity contribution in [2.24, 2.45) is 5.92 Å². The minimum atomic E-state index is -3.61. The third kappa shape index (κ3) is 3.99. The molecule has 0 spiro atoms. The summed E-state index contributed by atoms with van der Waals surface area (Å²) in [6.45, 7) is 6.44. The second-order valence-corrected chi connectivity index (χ2v) is 8.66. The highest BCUT2D eigenvalue weighted by Gasteiger charge is 2.35. The van der Waals surface area contributed by atoms with E-state index in [1.807, 2.05) is 43.3 Å². The summed E-state index contributed by atoms with van der Waals surface area (Å²) in [5.74, 6) is -0.112. The molecule has 0 N–H and O–H groups in total. The third-order valence-electron chi connectivity index (χ3n) is 4.89. The SMILES string of the molecule is C=CC1CN(S(=O)(=O)c2ccc(C)cc2)C/C1=C(/C=C/C#N)c1ccccc1. The van der Waals surface area contributed by atoms with E-state index in [1.165, 1.54) is 10.4 Å². The van der Waals surface area contributed by atoms with Crippen molar-refractivity contribution in [3.8, 4) is 6.07 Å². The number of hydrogen-bond acceptors (Lipinski definition) is 3. The highest BCUT2D eigenvalue weighted by Crippen LogP contribution is 2.35. The van der Waals surface area contributed by atoms with Gasteiger partial charge in [-0.1, -0.05) is 54.1 Å². The van der Waals surface area contributed by atoms with Gasteiger partial charge in [-0.25, -0.2) is 8.42 Å². The highest BCUT2D eigenvalue weighted by molar-refractivity contribution is 7.89. The van der Waals surface area contributed by atoms with E-state index in [9.17, 15) is 8.42 Å². The van der Waals surface area contributed by atoms with Crippen molar-refractivity contribution in [2.75, 3.05) is 13.1 Å². The predicted molar refractivity (Wildman–Crippen MR) is 112 cm³/mol. The molecular weight excluding hydrogens is 368 g/mol. The van der Waals surface area contributed by atoms with Crippen LogP contribution in [0, 0.1) is 24.2 Å². The molecule has 1 atom stereocenters. The molecule has 0 amide bonds. The van der Waals surface area contributed by atoms with E-state index in [2.05, 4.69) is 6.58 Å². The van der Waals surface area contributed by atoms with Gasteiger partial charge in [-0.15, -0.1) is 6.58 Å². The molecule has 1 saturated heterocycles. The largest absolute Gasteiger partial charge is 0.243 e. The number of benzene rings is 2. The Labute approximate surface area is 166 Å². The van der Waals surface area contributed by atoms with Gasteiger partial charge in [0.2, 0.25) is 10.0 Å². The molecule has 0 aromatic heterocycles. The standard InChI is InChI=1S/C23H22N2O2S/c1-3-19-16-25(28(26,27)21-13-11-18(2)12-14-21)17-23(19)22(10-7-15-24)20-8-5-4-6-9-20/h3-14,19H,1,16-17H2,2H3/b10-7+,23-22+. The molecule has 2 aromatic rings. The first kappa shape index (κ1) is 19.8. The van der Waals surface area contributed by atoms with Gasteiger partial charge in [0.1, 0.15) is 0 Å². The number of sulfonamides is 1. The maximum atomic E-state index is 13.1. The minimum Gasteiger partial charge on any atom is -0.207 e. The lowest BCUT2D eigenvalue weighted by molar-refractivity contribution is 0.471. The zero-order valence-corrected chi connectivity index (χ0v) is 16.6. The fraction of sp³-hybridized carbons (Fsp3) is 0.174. The molecule has 1 aliphatic rings. The number of aryl methyl sites for hydroxylation is 1. The van der Waals surface area contributed by atoms with E-state index in [-0.39, 0.29) is 17.4 Å². The van der Waals surface area contributed by atoms with Crippen LogP contribution in [0.3, 0.4) is 0 Å². The van der Waals surface area contributed by atoms with Gasteiger partial charge >= 0.3 is 0 Å². The second-order valence-electron chi connectivity index (χ2n) is 6.72. The molecular formula is C23H22N2O2S. The summed E-state index contributed by atoms with van der Waals surface area (Å²) in [4.78, 5) is 0.288. The highest BCUT2D eigenvalue weighted by atomic mass is 32.2. The lowest BCUT2D eigenvalue weighted by atomic mass is 9.92. The molecule has 1 unspecified atom stereocenters. The molecule has 0 aliphatic carbocycles. The number of hydrogen-bond donors (Lipinski definition) is 0. The Hall–Kier alpha value is -2.94. The van der Waals surface area contributed by atoms with Crippen molar-refractivity contribution in [1.29, 1.82) is 5.26 Å². The molecule has 0 bridgehead atoms. The Kier molecular flexibility index (Phi) is 5.93. The van der Waals surface area contributed by atoms with Gasteiger partial charge in [0.15, 0.2) is 0 Å². The summed E-state index contributed by atoms with van der Waals surface area (Å²) in [5, 5.41) is 8.99. The topological polar surface area (TPSA) is 61.2 Å². The first-order chi connectivity index (χ1) is 13.5. The van der Waals surface area contributed by atoms with Crippen LogP contribution >= 0.6 is 0 Å². The zero-order chi connectivity index (χ0) is 20.1. The van der Waals surface area contributed by atoms with E-state index >= 15 is 0 Å². The van der Waals surface area contributed by atoms with E-state index in [1.54, 1.807) is 36.4 Å². The number of allylic oxidation sites excluding steroid dienone is 3. The van der Waals surface area contributed by atoms with E-state index < -0.39 is 10.0 Å². The van der Waals surface area contributed by atoms with Gasteiger partial charge in [0.05, 0.1) is 11.0 Å². The van der Waals surface area contributed by atoms with Crippen molar-refractivity contribution in [3.63, 3.8) is 0 Å². The smallest absolute Gasteiger partial charge is 0.207 e. The van der Waals surface area contributed by atoms with Crippen LogP contribution in [0.4, 0.5) is 0 Å². The average Bonchev–Trinajstić information content (AvgIpc) is 3.14. The fourth-order valence-corrected chi connectivity index (χ4v) is 4.82. The fourth-order valence-electron chi connectivity index (χ4n) is 3.37. The maximum absolute atomic E-state index is 13.1. The van der Waals surface area contributed by atoms with Gasteiger partial charge in [-0.3, -0.25) is 0 Å². The van der Waals surface area contributed by atoms with Gasteiger partial charge in [-0.05, 0) is 41.8 Å². The van der Waals surface area contributed by atoms with E-state index in [0.29, 0.717) is 6.54 Å². The molecule has 3 rings (SSSR count). The van der Waals surface area contributed by atoms with E-state index in [4.69, 9.17) is 5.26 Å². The third-order valence-corrected chi connectivity index (χ3v) is 6.72. The molecule has 4 nitrogen and oxygen atoms in total. The van der Waals surface area contributed by atoms with Gasteiger partial charge < -0.3 is 0 Å². The second kappa shape index (κ2) is 8.39. The van der Waals surface area contributed by atoms with Crippen LogP contribution in [0.15, 0.2) is 89.9 Å². The summed E-state index contributed by atoms with van der Waals surface area (Å²) < 4.78 is 27.7. The number of rotatable bonds is 5. The van der Waals surface area contributed by atoms with Crippen LogP contribution in [0.25, 0.3) is 5.57 Å². The number of nitriles is 1. The average molecular weight is 391 g/mol. The zero-order valence-electron chi connectivity index (χ0n) is 15.7. The Bertz CT molecular complexity index is 1060. The van der Waals surface area contributed by atoms with Crippen LogP contribution in [0.2, 0.25) is 0 Å². The van der Waals surface area contributed by atoms with Crippen LogP contribution < -0.4 is 0 Å². The van der Waals surface area contributed by atoms with Gasteiger partial charge in [0, 0.05) is 25.1 Å². The Morgan fingerprint density at radius 2 is 1.86 bits per heavy atom. The lowest BCUT2D eigenvalue weighted by Gasteiger charge is -2.16. The lowest BCUT2D eigenvalue weighted by Crippen LogP contribution is -2.28. The van der Waals surface area contributed by atoms with Crippen LogP contribution in [0.5, 0.6) is 0 Å². The Morgan fingerprint density at radius 1 is 1.18 bits per heavy atom. The van der Waals surface area contributed by atoms with Crippen molar-refractivity contribution in [2.45, 2.75) is 11.8 Å². The molecule has 142 valence electrons. The molecule has 1 aliphatic heterocycles. The summed E-state index contributed by atoms with van der Waals surface area (Å²) >= 11 is 0. The molecule has 28 heavy (non-hydrogen) atoms. The predicted octanol–water partition coefficient (Wildman–Crippen LogP) is 4.34. The van der Waals surface area contributed by atoms with Crippen molar-refractivity contribution < 1.29 is 8.42 Å². The first-order valence-corrected chi connectivity index (χ1v) is 10.5. The van der Waals surface area contributed by atoms with Crippen molar-refractivity contribution >= 4 is 15.6 Å². The van der Waals surface area contributed by atoms with E-state index in [0.717, 1.165) is 22.3 Å². The quantitative estimate of drug-likeness (QED) is 0.564. The summed E-state index contributed by atoms with van der Waals surface area (Å²) in [6, 6.07) is 18.6. The molecule has 1 heterocycles. The monoisotopic (exact) mass is 390 g/mol. The van der Waals surface area contributed by atoms with Gasteiger partial charge in [0.25, 0.3) is 0 Å². The van der Waals surface area contributed by atoms with Gasteiger partial charge in [-0.2, -0.15) is 9.57 Å². The first-order valence-electron chi connectivity index (χ1n) is 9.01. The summed E-state index contributed by atoms with van der Waals surface area (Å²) in [7, 11) is -3.61. The normalized spacial score (nSPS) is 19.5. The van der Waals surface area contributed by atoms with Crippen LogP contribution in [-0.4, -0.2) is 25.8 Å². The molecule has 2 aromatic carbocycles. The molecule has 0 radical (unpaired) electrons.